The van der Waals surface area contributed by atoms with Crippen LogP contribution in [0, 0.1) is 5.92 Å². The first-order chi connectivity index (χ1) is 13.4. The van der Waals surface area contributed by atoms with Gasteiger partial charge in [0.15, 0.2) is 5.17 Å². The van der Waals surface area contributed by atoms with Crippen LogP contribution in [0.4, 0.5) is 14.6 Å². The first kappa shape index (κ1) is 19.3. The minimum Gasteiger partial charge on any atom is -0.440 e. The number of amides is 1. The minimum absolute atomic E-state index is 0.126. The number of fused-ring (bicyclic) bond motifs is 1. The van der Waals surface area contributed by atoms with Gasteiger partial charge in [-0.15, -0.1) is 11.3 Å². The largest absolute Gasteiger partial charge is 0.440 e. The van der Waals surface area contributed by atoms with Crippen molar-refractivity contribution in [1.29, 1.82) is 0 Å². The standard InChI is InChI=1S/C16H17F2N5O3S2/c1-7-2-8-4-28-15(19)23-16(8,6-26-7)14-22-10(5-27-14)21-12(24)13-20-9(3-25-13)11(17)18/h3,5,7-8,11H,2,4,6H2,1H3,(H2,19,23)(H,21,24)/t7-,8-,16?/m0/s1. The lowest BCUT2D eigenvalue weighted by molar-refractivity contribution is -0.0466. The highest BCUT2D eigenvalue weighted by atomic mass is 32.2. The van der Waals surface area contributed by atoms with Crippen LogP contribution in [0.1, 0.15) is 41.2 Å². The smallest absolute Gasteiger partial charge is 0.312 e. The average Bonchev–Trinajstić information content (AvgIpc) is 3.32. The molecule has 2 aromatic rings. The van der Waals surface area contributed by atoms with Crippen LogP contribution < -0.4 is 11.1 Å². The highest BCUT2D eigenvalue weighted by Crippen LogP contribution is 2.47. The van der Waals surface area contributed by atoms with Crippen LogP contribution in [-0.4, -0.2) is 39.5 Å². The Bertz CT molecular complexity index is 918. The van der Waals surface area contributed by atoms with Crippen molar-refractivity contribution in [2.45, 2.75) is 31.4 Å². The zero-order chi connectivity index (χ0) is 19.9. The SMILES string of the molecule is C[C@H]1C[C@H]2CSC(N)=NC2(c2nc(NC(=O)c3nc(C(F)F)co3)cs2)CO1. The van der Waals surface area contributed by atoms with E-state index in [1.54, 1.807) is 5.38 Å². The molecule has 3 N–H and O–H groups in total. The summed E-state index contributed by atoms with van der Waals surface area (Å²) in [4.78, 5) is 24.8. The summed E-state index contributed by atoms with van der Waals surface area (Å²) >= 11 is 2.85. The van der Waals surface area contributed by atoms with Gasteiger partial charge >= 0.3 is 5.91 Å². The molecule has 0 aromatic carbocycles. The number of carbonyl (C=O) groups is 1. The summed E-state index contributed by atoms with van der Waals surface area (Å²) in [5, 5.41) is 5.33. The van der Waals surface area contributed by atoms with Crippen LogP contribution in [0.2, 0.25) is 0 Å². The summed E-state index contributed by atoms with van der Waals surface area (Å²) in [5.74, 6) is 0.0847. The summed E-state index contributed by atoms with van der Waals surface area (Å²) < 4.78 is 35.8. The monoisotopic (exact) mass is 429 g/mol. The molecule has 28 heavy (non-hydrogen) atoms. The molecule has 2 aliphatic heterocycles. The first-order valence-corrected chi connectivity index (χ1v) is 10.3. The molecular formula is C16H17F2N5O3S2. The number of nitrogens with one attached hydrogen (secondary N) is 1. The van der Waals surface area contributed by atoms with Gasteiger partial charge in [0.1, 0.15) is 28.3 Å². The second-order valence-electron chi connectivity index (χ2n) is 6.61. The van der Waals surface area contributed by atoms with E-state index in [1.165, 1.54) is 23.1 Å². The van der Waals surface area contributed by atoms with Crippen LogP contribution >= 0.6 is 23.1 Å². The second kappa shape index (κ2) is 7.41. The van der Waals surface area contributed by atoms with E-state index >= 15 is 0 Å². The van der Waals surface area contributed by atoms with Crippen LogP contribution in [0.25, 0.3) is 0 Å². The van der Waals surface area contributed by atoms with Gasteiger partial charge in [0, 0.05) is 17.1 Å². The summed E-state index contributed by atoms with van der Waals surface area (Å²) in [5.41, 5.74) is 4.70. The normalized spacial score (nSPS) is 27.4. The summed E-state index contributed by atoms with van der Waals surface area (Å²) in [6.45, 7) is 2.38. The van der Waals surface area contributed by atoms with Gasteiger partial charge < -0.3 is 20.2 Å². The molecule has 150 valence electrons. The number of ether oxygens (including phenoxy) is 1. The molecule has 1 fully saturated rings. The van der Waals surface area contributed by atoms with E-state index in [0.29, 0.717) is 16.8 Å². The number of hydrogen-bond donors (Lipinski definition) is 2. The van der Waals surface area contributed by atoms with Gasteiger partial charge in [-0.05, 0) is 13.3 Å². The molecule has 1 unspecified atom stereocenters. The predicted molar refractivity (Wildman–Crippen MR) is 101 cm³/mol. The number of rotatable bonds is 4. The summed E-state index contributed by atoms with van der Waals surface area (Å²) in [6.07, 6.45) is -1.10. The lowest BCUT2D eigenvalue weighted by Crippen LogP contribution is -2.49. The zero-order valence-electron chi connectivity index (χ0n) is 14.7. The van der Waals surface area contributed by atoms with Crippen LogP contribution in [0.15, 0.2) is 21.1 Å². The van der Waals surface area contributed by atoms with Crippen LogP contribution in [-0.2, 0) is 10.3 Å². The molecule has 4 rings (SSSR count). The Morgan fingerprint density at radius 1 is 1.46 bits per heavy atom. The maximum atomic E-state index is 12.6. The third kappa shape index (κ3) is 3.51. The van der Waals surface area contributed by atoms with Crippen molar-refractivity contribution < 1.29 is 22.7 Å². The van der Waals surface area contributed by atoms with Crippen molar-refractivity contribution in [2.75, 3.05) is 17.7 Å². The molecule has 2 aromatic heterocycles. The first-order valence-electron chi connectivity index (χ1n) is 8.48. The summed E-state index contributed by atoms with van der Waals surface area (Å²) in [6, 6.07) is 0. The fraction of sp³-hybridized carbons (Fsp3) is 0.500. The third-order valence-corrected chi connectivity index (χ3v) is 6.64. The Labute approximate surface area is 167 Å². The van der Waals surface area contributed by atoms with Crippen LogP contribution in [0.5, 0.6) is 0 Å². The number of aliphatic imine (C=N–C) groups is 1. The number of aromatic nitrogens is 2. The number of carbonyl (C=O) groups excluding carboxylic acids is 1. The van der Waals surface area contributed by atoms with Gasteiger partial charge in [0.25, 0.3) is 12.3 Å². The Morgan fingerprint density at radius 2 is 2.29 bits per heavy atom. The minimum atomic E-state index is -2.81. The maximum absolute atomic E-state index is 12.6. The van der Waals surface area contributed by atoms with Crippen molar-refractivity contribution in [1.82, 2.24) is 9.97 Å². The number of nitrogens with two attached hydrogens (primary N) is 1. The van der Waals surface area contributed by atoms with Crippen molar-refractivity contribution >= 4 is 40.0 Å². The molecule has 0 spiro atoms. The number of alkyl halides is 2. The molecular weight excluding hydrogens is 412 g/mol. The Balaban J connectivity index is 1.56. The molecule has 3 atom stereocenters. The van der Waals surface area contributed by atoms with Gasteiger partial charge in [-0.25, -0.2) is 23.7 Å². The summed E-state index contributed by atoms with van der Waals surface area (Å²) in [7, 11) is 0. The number of hydrogen-bond acceptors (Lipinski definition) is 9. The van der Waals surface area contributed by atoms with E-state index in [0.717, 1.165) is 18.4 Å². The van der Waals surface area contributed by atoms with Crippen molar-refractivity contribution in [3.63, 3.8) is 0 Å². The maximum Gasteiger partial charge on any atom is 0.312 e. The van der Waals surface area contributed by atoms with E-state index in [-0.39, 0.29) is 17.8 Å². The van der Waals surface area contributed by atoms with Crippen LogP contribution in [0.3, 0.4) is 0 Å². The average molecular weight is 429 g/mol. The molecule has 4 heterocycles. The Kier molecular flexibility index (Phi) is 5.10. The van der Waals surface area contributed by atoms with E-state index in [9.17, 15) is 13.6 Å². The topological polar surface area (TPSA) is 116 Å². The highest BCUT2D eigenvalue weighted by Gasteiger charge is 2.49. The lowest BCUT2D eigenvalue weighted by Gasteiger charge is -2.44. The van der Waals surface area contributed by atoms with Gasteiger partial charge in [-0.1, -0.05) is 11.8 Å². The Morgan fingerprint density at radius 3 is 3.04 bits per heavy atom. The molecule has 1 amide bonds. The molecule has 0 bridgehead atoms. The van der Waals surface area contributed by atoms with Gasteiger partial charge in [-0.3, -0.25) is 4.79 Å². The number of thioether (sulfide) groups is 1. The predicted octanol–water partition coefficient (Wildman–Crippen LogP) is 3.00. The fourth-order valence-electron chi connectivity index (χ4n) is 3.27. The Hall–Kier alpha value is -2.05. The molecule has 12 heteroatoms. The number of halogens is 2. The lowest BCUT2D eigenvalue weighted by atomic mass is 9.80. The van der Waals surface area contributed by atoms with Gasteiger partial charge in [-0.2, -0.15) is 0 Å². The highest BCUT2D eigenvalue weighted by molar-refractivity contribution is 8.13. The molecule has 0 aliphatic carbocycles. The number of nitrogens with zero attached hydrogens (tertiary/aromatic N) is 3. The molecule has 2 aliphatic rings. The molecule has 0 radical (unpaired) electrons. The molecule has 1 saturated heterocycles. The quantitative estimate of drug-likeness (QED) is 0.767. The van der Waals surface area contributed by atoms with Crippen molar-refractivity contribution in [2.24, 2.45) is 16.6 Å². The number of anilines is 1. The van der Waals surface area contributed by atoms with Crippen molar-refractivity contribution in [3.05, 3.63) is 28.2 Å². The van der Waals surface area contributed by atoms with E-state index < -0.39 is 29.5 Å². The van der Waals surface area contributed by atoms with Gasteiger partial charge in [0.05, 0.1) is 12.7 Å². The third-order valence-electron chi connectivity index (χ3n) is 4.68. The fourth-order valence-corrected chi connectivity index (χ4v) is 5.24. The number of thiazole rings is 1. The molecule has 8 nitrogen and oxygen atoms in total. The number of oxazole rings is 1. The van der Waals surface area contributed by atoms with Crippen molar-refractivity contribution in [3.8, 4) is 0 Å². The zero-order valence-corrected chi connectivity index (χ0v) is 16.4. The number of amidine groups is 1. The molecule has 0 saturated carbocycles. The van der Waals surface area contributed by atoms with E-state index in [2.05, 4.69) is 20.3 Å². The van der Waals surface area contributed by atoms with Gasteiger partial charge in [0.2, 0.25) is 0 Å². The second-order valence-corrected chi connectivity index (χ2v) is 8.51. The van der Waals surface area contributed by atoms with E-state index in [4.69, 9.17) is 14.9 Å². The van der Waals surface area contributed by atoms with E-state index in [1.807, 2.05) is 6.92 Å².